The molecule has 0 radical (unpaired) electrons. The molecule has 0 saturated heterocycles. The van der Waals surface area contributed by atoms with Crippen molar-refractivity contribution in [3.8, 4) is 0 Å². The van der Waals surface area contributed by atoms with Crippen LogP contribution >= 0.6 is 0 Å². The molecule has 2 bridgehead atoms. The summed E-state index contributed by atoms with van der Waals surface area (Å²) in [5.74, 6) is 1.86. The Morgan fingerprint density at radius 1 is 1.10 bits per heavy atom. The van der Waals surface area contributed by atoms with Crippen molar-refractivity contribution < 1.29 is 0 Å². The SMILES string of the molecule is CC1=C(C)C2CC1C2(C)C. The molecule has 0 aliphatic heterocycles. The molecule has 2 atom stereocenters. The van der Waals surface area contributed by atoms with Crippen LogP contribution in [0.25, 0.3) is 0 Å². The number of hydrogen-bond acceptors (Lipinski definition) is 0. The maximum absolute atomic E-state index is 2.41. The second-order valence-corrected chi connectivity index (χ2v) is 4.53. The van der Waals surface area contributed by atoms with E-state index in [1.165, 1.54) is 6.42 Å². The van der Waals surface area contributed by atoms with Gasteiger partial charge in [-0.25, -0.2) is 0 Å². The van der Waals surface area contributed by atoms with Crippen molar-refractivity contribution in [1.82, 2.24) is 0 Å². The van der Waals surface area contributed by atoms with Gasteiger partial charge < -0.3 is 0 Å². The van der Waals surface area contributed by atoms with E-state index in [1.54, 1.807) is 11.1 Å². The normalized spacial score (nSPS) is 42.0. The van der Waals surface area contributed by atoms with E-state index in [4.69, 9.17) is 0 Å². The van der Waals surface area contributed by atoms with Gasteiger partial charge in [-0.3, -0.25) is 0 Å². The van der Waals surface area contributed by atoms with Crippen molar-refractivity contribution in [2.45, 2.75) is 34.1 Å². The predicted octanol–water partition coefficient (Wildman–Crippen LogP) is 3.00. The van der Waals surface area contributed by atoms with Crippen LogP contribution in [0.3, 0.4) is 0 Å². The van der Waals surface area contributed by atoms with Crippen LogP contribution in [0.15, 0.2) is 11.1 Å². The molecular formula is C10H16. The van der Waals surface area contributed by atoms with Gasteiger partial charge >= 0.3 is 0 Å². The molecule has 0 N–H and O–H groups in total. The minimum Gasteiger partial charge on any atom is -0.0704 e. The lowest BCUT2D eigenvalue weighted by Gasteiger charge is -2.46. The summed E-state index contributed by atoms with van der Waals surface area (Å²) >= 11 is 0. The first kappa shape index (κ1) is 6.45. The first-order valence-electron chi connectivity index (χ1n) is 4.22. The Balaban J connectivity index is 2.37. The maximum atomic E-state index is 2.41. The summed E-state index contributed by atoms with van der Waals surface area (Å²) in [7, 11) is 0. The van der Waals surface area contributed by atoms with E-state index in [0.717, 1.165) is 11.8 Å². The van der Waals surface area contributed by atoms with E-state index in [1.807, 2.05) is 0 Å². The topological polar surface area (TPSA) is 0 Å². The van der Waals surface area contributed by atoms with E-state index < -0.39 is 0 Å². The van der Waals surface area contributed by atoms with Crippen molar-refractivity contribution in [2.24, 2.45) is 17.3 Å². The van der Waals surface area contributed by atoms with Gasteiger partial charge in [0.2, 0.25) is 0 Å². The minimum absolute atomic E-state index is 0.619. The average Bonchev–Trinajstić information content (AvgIpc) is 2.18. The lowest BCUT2D eigenvalue weighted by Crippen LogP contribution is -2.39. The zero-order chi connectivity index (χ0) is 7.52. The van der Waals surface area contributed by atoms with Crippen LogP contribution in [0.4, 0.5) is 0 Å². The Bertz CT molecular complexity index is 188. The summed E-state index contributed by atoms with van der Waals surface area (Å²) in [5.41, 5.74) is 4.00. The molecule has 1 fully saturated rings. The molecule has 0 aromatic heterocycles. The van der Waals surface area contributed by atoms with E-state index in [2.05, 4.69) is 27.7 Å². The number of rotatable bonds is 0. The highest BCUT2D eigenvalue weighted by Gasteiger charge is 2.54. The molecule has 10 heavy (non-hydrogen) atoms. The molecule has 0 amide bonds. The van der Waals surface area contributed by atoms with E-state index >= 15 is 0 Å². The molecule has 0 spiro atoms. The van der Waals surface area contributed by atoms with Gasteiger partial charge in [0.15, 0.2) is 0 Å². The highest BCUT2D eigenvalue weighted by molar-refractivity contribution is 5.35. The highest BCUT2D eigenvalue weighted by atomic mass is 14.6. The van der Waals surface area contributed by atoms with Gasteiger partial charge in [0.25, 0.3) is 0 Å². The second-order valence-electron chi connectivity index (χ2n) is 4.53. The summed E-state index contributed by atoms with van der Waals surface area (Å²) in [6.07, 6.45) is 1.45. The quantitative estimate of drug-likeness (QED) is 0.449. The first-order chi connectivity index (χ1) is 4.55. The molecule has 0 heteroatoms. The van der Waals surface area contributed by atoms with E-state index in [9.17, 15) is 0 Å². The second kappa shape index (κ2) is 1.49. The van der Waals surface area contributed by atoms with Crippen LogP contribution in [-0.2, 0) is 0 Å². The Morgan fingerprint density at radius 3 is 1.60 bits per heavy atom. The van der Waals surface area contributed by atoms with Crippen molar-refractivity contribution >= 4 is 0 Å². The summed E-state index contributed by atoms with van der Waals surface area (Å²) < 4.78 is 0. The van der Waals surface area contributed by atoms with Crippen LogP contribution in [-0.4, -0.2) is 0 Å². The van der Waals surface area contributed by atoms with Crippen LogP contribution in [0.2, 0.25) is 0 Å². The van der Waals surface area contributed by atoms with Gasteiger partial charge in [-0.15, -0.1) is 0 Å². The van der Waals surface area contributed by atoms with Crippen LogP contribution < -0.4 is 0 Å². The van der Waals surface area contributed by atoms with Gasteiger partial charge in [-0.1, -0.05) is 25.0 Å². The van der Waals surface area contributed by atoms with Gasteiger partial charge in [-0.2, -0.15) is 0 Å². The minimum atomic E-state index is 0.619. The molecule has 3 rings (SSSR count). The van der Waals surface area contributed by atoms with E-state index in [-0.39, 0.29) is 0 Å². The molecule has 0 nitrogen and oxygen atoms in total. The molecular weight excluding hydrogens is 120 g/mol. The zero-order valence-corrected chi connectivity index (χ0v) is 7.36. The fourth-order valence-corrected chi connectivity index (χ4v) is 2.94. The Morgan fingerprint density at radius 2 is 1.50 bits per heavy atom. The van der Waals surface area contributed by atoms with Crippen molar-refractivity contribution in [1.29, 1.82) is 0 Å². The third-order valence-electron chi connectivity index (χ3n) is 3.94. The Hall–Kier alpha value is -0.260. The Labute approximate surface area is 63.3 Å². The first-order valence-corrected chi connectivity index (χ1v) is 4.22. The number of hydrogen-bond donors (Lipinski definition) is 0. The van der Waals surface area contributed by atoms with Crippen molar-refractivity contribution in [3.63, 3.8) is 0 Å². The van der Waals surface area contributed by atoms with Gasteiger partial charge in [0.05, 0.1) is 0 Å². The lowest BCUT2D eigenvalue weighted by atomic mass is 9.58. The summed E-state index contributed by atoms with van der Waals surface area (Å²) in [6.45, 7) is 9.45. The highest BCUT2D eigenvalue weighted by Crippen LogP contribution is 2.64. The fourth-order valence-electron chi connectivity index (χ4n) is 2.94. The van der Waals surface area contributed by atoms with Crippen molar-refractivity contribution in [2.75, 3.05) is 0 Å². The zero-order valence-electron chi connectivity index (χ0n) is 7.36. The molecule has 0 aromatic rings. The van der Waals surface area contributed by atoms with Crippen LogP contribution in [0.1, 0.15) is 34.1 Å². The molecule has 2 unspecified atom stereocenters. The third kappa shape index (κ3) is 0.457. The summed E-state index contributed by atoms with van der Waals surface area (Å²) in [4.78, 5) is 0. The third-order valence-corrected chi connectivity index (χ3v) is 3.94. The molecule has 1 saturated carbocycles. The summed E-state index contributed by atoms with van der Waals surface area (Å²) in [5, 5.41) is 0. The molecule has 3 aliphatic rings. The average molecular weight is 136 g/mol. The Kier molecular flexibility index (Phi) is 0.962. The lowest BCUT2D eigenvalue weighted by molar-refractivity contribution is 0.0619. The van der Waals surface area contributed by atoms with Crippen LogP contribution in [0.5, 0.6) is 0 Å². The fraction of sp³-hybridized carbons (Fsp3) is 0.800. The molecule has 0 heterocycles. The molecule has 56 valence electrons. The van der Waals surface area contributed by atoms with E-state index in [0.29, 0.717) is 5.41 Å². The standard InChI is InChI=1S/C10H16/c1-6-7(2)9-5-8(6)10(9,3)4/h8-9H,5H2,1-4H3. The van der Waals surface area contributed by atoms with Crippen molar-refractivity contribution in [3.05, 3.63) is 11.1 Å². The van der Waals surface area contributed by atoms with Gasteiger partial charge in [0.1, 0.15) is 0 Å². The molecule has 3 aliphatic carbocycles. The monoisotopic (exact) mass is 136 g/mol. The molecule has 0 aromatic carbocycles. The largest absolute Gasteiger partial charge is 0.0704 e. The summed E-state index contributed by atoms with van der Waals surface area (Å²) in [6, 6.07) is 0. The van der Waals surface area contributed by atoms with Gasteiger partial charge in [-0.05, 0) is 37.5 Å². The van der Waals surface area contributed by atoms with Crippen LogP contribution in [0, 0.1) is 17.3 Å². The smallest absolute Gasteiger partial charge is 0.0140 e. The van der Waals surface area contributed by atoms with Gasteiger partial charge in [0, 0.05) is 0 Å². The maximum Gasteiger partial charge on any atom is -0.0140 e. The predicted molar refractivity (Wildman–Crippen MR) is 43.8 cm³/mol. The number of allylic oxidation sites excluding steroid dienone is 2.